The SMILES string of the molecule is CC1c2ccc(SC3=CC4c5ccccc5N(c5cccc(-c6ccc7sc8ccccc8c7c6)c5)C4C=C3)cc2C2=S(C=CC=C2)C1c1cccc(-c2ccc3sc4ccccc4c3c2)c1. The molecule has 10 aromatic rings. The fourth-order valence-corrected chi connectivity index (χ4v) is 16.9. The van der Waals surface area contributed by atoms with Gasteiger partial charge in [-0.2, -0.15) is 0 Å². The van der Waals surface area contributed by atoms with E-state index in [-0.39, 0.29) is 22.4 Å². The van der Waals surface area contributed by atoms with Crippen LogP contribution >= 0.6 is 44.9 Å². The molecule has 0 saturated heterocycles. The lowest BCUT2D eigenvalue weighted by molar-refractivity contribution is 0.737. The highest BCUT2D eigenvalue weighted by Gasteiger charge is 2.39. The monoisotopic (exact) mass is 929 g/mol. The summed E-state index contributed by atoms with van der Waals surface area (Å²) in [5, 5.41) is 8.21. The lowest BCUT2D eigenvalue weighted by atomic mass is 9.87. The highest BCUT2D eigenvalue weighted by atomic mass is 32.2. The van der Waals surface area contributed by atoms with Crippen LogP contribution in [-0.2, 0) is 0 Å². The van der Waals surface area contributed by atoms with Crippen LogP contribution in [0.15, 0.2) is 228 Å². The van der Waals surface area contributed by atoms with E-state index in [1.54, 1.807) is 0 Å². The largest absolute Gasteiger partial charge is 0.333 e. The van der Waals surface area contributed by atoms with E-state index in [0.29, 0.717) is 11.2 Å². The van der Waals surface area contributed by atoms with Gasteiger partial charge in [-0.15, -0.1) is 33.2 Å². The Morgan fingerprint density at radius 3 is 1.99 bits per heavy atom. The fourth-order valence-electron chi connectivity index (χ4n) is 11.3. The van der Waals surface area contributed by atoms with Crippen LogP contribution in [0.3, 0.4) is 0 Å². The minimum atomic E-state index is -0.0642. The van der Waals surface area contributed by atoms with Crippen molar-refractivity contribution in [1.29, 1.82) is 0 Å². The number of allylic oxidation sites excluding steroid dienone is 4. The molecule has 0 radical (unpaired) electrons. The minimum Gasteiger partial charge on any atom is -0.333 e. The van der Waals surface area contributed by atoms with Crippen molar-refractivity contribution in [3.8, 4) is 22.3 Å². The normalized spacial score (nSPS) is 20.4. The number of thiophene rings is 2. The van der Waals surface area contributed by atoms with Crippen molar-refractivity contribution in [2.45, 2.75) is 34.9 Å². The van der Waals surface area contributed by atoms with Crippen LogP contribution in [-0.4, -0.2) is 10.9 Å². The molecule has 8 aromatic carbocycles. The summed E-state index contributed by atoms with van der Waals surface area (Å²) in [6, 6.07) is 66.7. The van der Waals surface area contributed by atoms with Crippen molar-refractivity contribution >= 4 is 102 Å². The summed E-state index contributed by atoms with van der Waals surface area (Å²) >= 11 is 5.66. The predicted octanol–water partition coefficient (Wildman–Crippen LogP) is 18.3. The van der Waals surface area contributed by atoms with Crippen LogP contribution in [0.25, 0.3) is 62.6 Å². The Morgan fingerprint density at radius 2 is 1.21 bits per heavy atom. The summed E-state index contributed by atoms with van der Waals surface area (Å²) in [7, 11) is -0.0642. The summed E-state index contributed by atoms with van der Waals surface area (Å²) in [5.41, 5.74) is 13.3. The molecule has 0 saturated carbocycles. The van der Waals surface area contributed by atoms with Crippen LogP contribution in [0, 0.1) is 0 Å². The predicted molar refractivity (Wildman–Crippen MR) is 295 cm³/mol. The van der Waals surface area contributed by atoms with Crippen molar-refractivity contribution in [3.05, 3.63) is 245 Å². The van der Waals surface area contributed by atoms with E-state index in [1.165, 1.54) is 111 Å². The molecule has 0 fully saturated rings. The van der Waals surface area contributed by atoms with Crippen molar-refractivity contribution in [2.75, 3.05) is 4.90 Å². The van der Waals surface area contributed by atoms with E-state index in [2.05, 4.69) is 230 Å². The van der Waals surface area contributed by atoms with E-state index < -0.39 is 0 Å². The summed E-state index contributed by atoms with van der Waals surface area (Å²) in [6.45, 7) is 2.46. The fraction of sp³-hybridized carbons (Fsp3) is 0.0806. The number of para-hydroxylation sites is 1. The number of hydrogen-bond acceptors (Lipinski definition) is 4. The molecule has 5 heteroatoms. The second-order valence-corrected chi connectivity index (χ2v) is 23.4. The van der Waals surface area contributed by atoms with E-state index in [1.807, 2.05) is 34.4 Å². The Bertz CT molecular complexity index is 3850. The van der Waals surface area contributed by atoms with Gasteiger partial charge in [-0.1, -0.05) is 158 Å². The summed E-state index contributed by atoms with van der Waals surface area (Å²) in [5.74, 6) is 0.622. The van der Waals surface area contributed by atoms with E-state index >= 15 is 0 Å². The molecule has 0 amide bonds. The second kappa shape index (κ2) is 15.8. The summed E-state index contributed by atoms with van der Waals surface area (Å²) in [4.78, 5) is 6.62. The molecule has 0 spiro atoms. The topological polar surface area (TPSA) is 3.24 Å². The third-order valence-electron chi connectivity index (χ3n) is 14.4. The molecule has 1 aliphatic carbocycles. The minimum absolute atomic E-state index is 0.0642. The Labute approximate surface area is 405 Å². The standard InChI is InChI=1S/C62H43NS4/c1-38-47-27-25-45(37-54(47)61-22-8-9-31-67(61)62(38)43-14-10-12-39(32-43)41-23-29-59-52(34-41)49-17-3-6-20-57(49)65-59)64-46-26-28-56-51(36-46)48-16-2-5-19-55(48)63(56)44-15-11-13-40(33-44)42-24-30-60-53(35-42)50-18-4-7-21-58(50)66-60/h2-38,51,56,62H,1H3. The van der Waals surface area contributed by atoms with Gasteiger partial charge in [0.1, 0.15) is 0 Å². The lowest BCUT2D eigenvalue weighted by Gasteiger charge is -2.36. The third kappa shape index (κ3) is 6.54. The molecule has 2 aromatic heterocycles. The number of rotatable bonds is 6. The number of thioether (sulfide) groups is 1. The van der Waals surface area contributed by atoms with E-state index in [9.17, 15) is 0 Å². The van der Waals surface area contributed by atoms with Crippen LogP contribution in [0.2, 0.25) is 0 Å². The molecule has 5 unspecified atom stereocenters. The van der Waals surface area contributed by atoms with Gasteiger partial charge in [0.15, 0.2) is 0 Å². The molecule has 3 aliphatic heterocycles. The first-order valence-electron chi connectivity index (χ1n) is 23.2. The zero-order valence-electron chi connectivity index (χ0n) is 36.7. The van der Waals surface area contributed by atoms with Gasteiger partial charge in [-0.3, -0.25) is 0 Å². The number of nitrogens with zero attached hydrogens (tertiary/aromatic N) is 1. The zero-order chi connectivity index (χ0) is 44.2. The molecular formula is C62H43NS4. The molecule has 5 atom stereocenters. The first kappa shape index (κ1) is 39.7. The van der Waals surface area contributed by atoms with Gasteiger partial charge >= 0.3 is 0 Å². The van der Waals surface area contributed by atoms with Crippen molar-refractivity contribution in [3.63, 3.8) is 0 Å². The van der Waals surface area contributed by atoms with E-state index in [0.717, 1.165) is 0 Å². The van der Waals surface area contributed by atoms with Crippen molar-refractivity contribution < 1.29 is 0 Å². The van der Waals surface area contributed by atoms with Crippen LogP contribution in [0.5, 0.6) is 0 Å². The summed E-state index contributed by atoms with van der Waals surface area (Å²) < 4.78 is 5.38. The van der Waals surface area contributed by atoms with Crippen LogP contribution in [0.1, 0.15) is 46.3 Å². The number of hydrogen-bond donors (Lipinski definition) is 0. The van der Waals surface area contributed by atoms with Crippen molar-refractivity contribution in [2.24, 2.45) is 0 Å². The maximum atomic E-state index is 2.56. The van der Waals surface area contributed by atoms with Gasteiger partial charge < -0.3 is 4.90 Å². The molecule has 0 bridgehead atoms. The molecule has 4 aliphatic rings. The van der Waals surface area contributed by atoms with Gasteiger partial charge in [0.25, 0.3) is 0 Å². The third-order valence-corrected chi connectivity index (χ3v) is 20.2. The maximum Gasteiger partial charge on any atom is 0.0630 e. The first-order valence-corrected chi connectivity index (χ1v) is 27.0. The average Bonchev–Trinajstić information content (AvgIpc) is 4.05. The number of anilines is 2. The molecule has 5 heterocycles. The van der Waals surface area contributed by atoms with Gasteiger partial charge in [0, 0.05) is 77.6 Å². The smallest absolute Gasteiger partial charge is 0.0630 e. The van der Waals surface area contributed by atoms with Gasteiger partial charge in [0.05, 0.1) is 6.04 Å². The Kier molecular flexibility index (Phi) is 9.37. The maximum absolute atomic E-state index is 2.56. The Balaban J connectivity index is 0.758. The van der Waals surface area contributed by atoms with Crippen LogP contribution in [0.4, 0.5) is 11.4 Å². The van der Waals surface area contributed by atoms with Gasteiger partial charge in [0.2, 0.25) is 0 Å². The highest BCUT2D eigenvalue weighted by molar-refractivity contribution is 8.19. The summed E-state index contributed by atoms with van der Waals surface area (Å²) in [6.07, 6.45) is 14.2. The Morgan fingerprint density at radius 1 is 0.537 bits per heavy atom. The van der Waals surface area contributed by atoms with Gasteiger partial charge in [-0.25, -0.2) is 0 Å². The highest BCUT2D eigenvalue weighted by Crippen LogP contribution is 2.55. The number of benzene rings is 8. The molecule has 1 nitrogen and oxygen atoms in total. The second-order valence-electron chi connectivity index (χ2n) is 18.2. The van der Waals surface area contributed by atoms with Gasteiger partial charge in [-0.05, 0) is 129 Å². The average molecular weight is 930 g/mol. The number of fused-ring (bicyclic) bond motifs is 11. The Hall–Kier alpha value is -6.47. The van der Waals surface area contributed by atoms with Crippen molar-refractivity contribution in [1.82, 2.24) is 0 Å². The zero-order valence-corrected chi connectivity index (χ0v) is 39.9. The molecular weight excluding hydrogens is 887 g/mol. The quantitative estimate of drug-likeness (QED) is 0.153. The molecule has 14 rings (SSSR count). The lowest BCUT2D eigenvalue weighted by Crippen LogP contribution is -2.28. The molecule has 0 N–H and O–H groups in total. The first-order chi connectivity index (χ1) is 33.1. The van der Waals surface area contributed by atoms with Crippen LogP contribution < -0.4 is 4.90 Å². The van der Waals surface area contributed by atoms with E-state index in [4.69, 9.17) is 0 Å². The molecule has 320 valence electrons. The molecule has 67 heavy (non-hydrogen) atoms.